The highest BCUT2D eigenvalue weighted by Gasteiger charge is 2.16. The summed E-state index contributed by atoms with van der Waals surface area (Å²) < 4.78 is 10.9. The Morgan fingerprint density at radius 1 is 1.67 bits per heavy atom. The van der Waals surface area contributed by atoms with Gasteiger partial charge in [0.15, 0.2) is 0 Å². The van der Waals surface area contributed by atoms with Crippen molar-refractivity contribution in [3.63, 3.8) is 0 Å². The van der Waals surface area contributed by atoms with Gasteiger partial charge in [-0.25, -0.2) is 4.98 Å². The molecule has 1 unspecified atom stereocenters. The van der Waals surface area contributed by atoms with Crippen LogP contribution in [0.5, 0.6) is 5.88 Å². The van der Waals surface area contributed by atoms with Crippen molar-refractivity contribution in [1.29, 1.82) is 0 Å². The first kappa shape index (κ1) is 12.7. The van der Waals surface area contributed by atoms with Gasteiger partial charge < -0.3 is 14.8 Å². The summed E-state index contributed by atoms with van der Waals surface area (Å²) in [5.41, 5.74) is 0.345. The number of aromatic nitrogens is 1. The monoisotopic (exact) mass is 253 g/mol. The van der Waals surface area contributed by atoms with E-state index < -0.39 is 4.92 Å². The van der Waals surface area contributed by atoms with Crippen LogP contribution < -0.4 is 10.1 Å². The molecule has 0 amide bonds. The quantitative estimate of drug-likeness (QED) is 0.626. The molecule has 1 N–H and O–H groups in total. The van der Waals surface area contributed by atoms with Gasteiger partial charge in [-0.3, -0.25) is 10.1 Å². The first-order valence-corrected chi connectivity index (χ1v) is 5.74. The molecule has 0 spiro atoms. The number of hydrogen-bond donors (Lipinski definition) is 1. The Bertz CT molecular complexity index is 432. The molecule has 1 atom stereocenters. The zero-order valence-electron chi connectivity index (χ0n) is 10.1. The Kier molecular flexibility index (Phi) is 4.06. The largest absolute Gasteiger partial charge is 0.475 e. The number of ether oxygens (including phenoxy) is 2. The number of nitrogens with zero attached hydrogens (tertiary/aromatic N) is 2. The van der Waals surface area contributed by atoms with Crippen LogP contribution in [-0.4, -0.2) is 42.3 Å². The van der Waals surface area contributed by atoms with Crippen LogP contribution in [0.4, 0.5) is 5.69 Å². The molecule has 1 aromatic heterocycles. The number of nitrogens with one attached hydrogen (secondary N) is 1. The van der Waals surface area contributed by atoms with Crippen molar-refractivity contribution < 1.29 is 14.4 Å². The lowest BCUT2D eigenvalue weighted by Gasteiger charge is -2.23. The molecule has 1 aliphatic rings. The van der Waals surface area contributed by atoms with Crippen LogP contribution in [-0.2, 0) is 4.74 Å². The molecular weight excluding hydrogens is 238 g/mol. The van der Waals surface area contributed by atoms with E-state index in [0.29, 0.717) is 24.8 Å². The summed E-state index contributed by atoms with van der Waals surface area (Å²) in [5, 5.41) is 13.8. The van der Waals surface area contributed by atoms with E-state index in [1.54, 1.807) is 6.92 Å². The van der Waals surface area contributed by atoms with Gasteiger partial charge in [-0.15, -0.1) is 0 Å². The molecule has 7 nitrogen and oxygen atoms in total. The molecular formula is C11H15N3O4. The average Bonchev–Trinajstić information content (AvgIpc) is 2.37. The fourth-order valence-electron chi connectivity index (χ4n) is 1.71. The van der Waals surface area contributed by atoms with E-state index >= 15 is 0 Å². The van der Waals surface area contributed by atoms with Crippen molar-refractivity contribution in [1.82, 2.24) is 10.3 Å². The summed E-state index contributed by atoms with van der Waals surface area (Å²) in [4.78, 5) is 14.2. The molecule has 1 saturated heterocycles. The molecule has 0 aliphatic carbocycles. The molecule has 7 heteroatoms. The first-order chi connectivity index (χ1) is 8.66. The zero-order valence-corrected chi connectivity index (χ0v) is 10.1. The van der Waals surface area contributed by atoms with Gasteiger partial charge in [0.05, 0.1) is 11.5 Å². The highest BCUT2D eigenvalue weighted by molar-refractivity contribution is 5.36. The lowest BCUT2D eigenvalue weighted by molar-refractivity contribution is -0.385. The van der Waals surface area contributed by atoms with E-state index in [2.05, 4.69) is 10.3 Å². The fourth-order valence-corrected chi connectivity index (χ4v) is 1.71. The van der Waals surface area contributed by atoms with Crippen LogP contribution in [0.2, 0.25) is 0 Å². The van der Waals surface area contributed by atoms with Gasteiger partial charge in [0.2, 0.25) is 5.88 Å². The summed E-state index contributed by atoms with van der Waals surface area (Å²) in [6.45, 7) is 4.24. The van der Waals surface area contributed by atoms with Crippen LogP contribution in [0, 0.1) is 17.0 Å². The van der Waals surface area contributed by atoms with E-state index in [-0.39, 0.29) is 11.8 Å². The SMILES string of the molecule is Cc1nc(OCC2CNCCO2)ccc1[N+](=O)[O-]. The normalized spacial score (nSPS) is 19.5. The highest BCUT2D eigenvalue weighted by Crippen LogP contribution is 2.19. The molecule has 1 aliphatic heterocycles. The van der Waals surface area contributed by atoms with Crippen molar-refractivity contribution in [3.05, 3.63) is 27.9 Å². The standard InChI is InChI=1S/C11H15N3O4/c1-8-10(14(15)16)2-3-11(13-8)18-7-9-6-12-4-5-17-9/h2-3,9,12H,4-7H2,1H3. The van der Waals surface area contributed by atoms with Crippen molar-refractivity contribution in [2.24, 2.45) is 0 Å². The molecule has 0 radical (unpaired) electrons. The van der Waals surface area contributed by atoms with Gasteiger partial charge in [0, 0.05) is 25.2 Å². The second-order valence-corrected chi connectivity index (χ2v) is 4.02. The number of aryl methyl sites for hydroxylation is 1. The smallest absolute Gasteiger partial charge is 0.290 e. The number of hydrogen-bond acceptors (Lipinski definition) is 6. The Morgan fingerprint density at radius 2 is 2.50 bits per heavy atom. The van der Waals surface area contributed by atoms with Crippen LogP contribution in [0.25, 0.3) is 0 Å². The average molecular weight is 253 g/mol. The van der Waals surface area contributed by atoms with Crippen LogP contribution in [0.15, 0.2) is 12.1 Å². The summed E-state index contributed by atoms with van der Waals surface area (Å²) in [6.07, 6.45) is -0.00366. The summed E-state index contributed by atoms with van der Waals surface area (Å²) in [6, 6.07) is 2.90. The highest BCUT2D eigenvalue weighted by atomic mass is 16.6. The minimum atomic E-state index is -0.458. The summed E-state index contributed by atoms with van der Waals surface area (Å²) in [5.74, 6) is 0.382. The predicted octanol–water partition coefficient (Wildman–Crippen LogP) is 0.665. The van der Waals surface area contributed by atoms with Gasteiger partial charge >= 0.3 is 0 Å². The minimum Gasteiger partial charge on any atom is -0.475 e. The molecule has 1 aromatic rings. The van der Waals surface area contributed by atoms with Gasteiger partial charge in [0.1, 0.15) is 18.4 Å². The Hall–Kier alpha value is -1.73. The van der Waals surface area contributed by atoms with Crippen molar-refractivity contribution in [2.45, 2.75) is 13.0 Å². The number of rotatable bonds is 4. The molecule has 2 heterocycles. The molecule has 0 saturated carbocycles. The first-order valence-electron chi connectivity index (χ1n) is 5.74. The van der Waals surface area contributed by atoms with E-state index in [1.807, 2.05) is 0 Å². The van der Waals surface area contributed by atoms with Crippen LogP contribution in [0.1, 0.15) is 5.69 Å². The predicted molar refractivity (Wildman–Crippen MR) is 63.7 cm³/mol. The fraction of sp³-hybridized carbons (Fsp3) is 0.545. The maximum absolute atomic E-state index is 10.6. The topological polar surface area (TPSA) is 86.5 Å². The van der Waals surface area contributed by atoms with Gasteiger partial charge in [-0.2, -0.15) is 0 Å². The second-order valence-electron chi connectivity index (χ2n) is 4.02. The Morgan fingerprint density at radius 3 is 3.11 bits per heavy atom. The number of morpholine rings is 1. The number of pyridine rings is 1. The maximum Gasteiger partial charge on any atom is 0.290 e. The zero-order chi connectivity index (χ0) is 13.0. The Labute approximate surface area is 104 Å². The van der Waals surface area contributed by atoms with Crippen molar-refractivity contribution in [2.75, 3.05) is 26.3 Å². The van der Waals surface area contributed by atoms with Crippen molar-refractivity contribution >= 4 is 5.69 Å². The van der Waals surface area contributed by atoms with Crippen LogP contribution in [0.3, 0.4) is 0 Å². The van der Waals surface area contributed by atoms with Gasteiger partial charge in [0.25, 0.3) is 5.69 Å². The summed E-state index contributed by atoms with van der Waals surface area (Å²) in [7, 11) is 0. The minimum absolute atomic E-state index is 0.00191. The van der Waals surface area contributed by atoms with Crippen LogP contribution >= 0.6 is 0 Å². The third kappa shape index (κ3) is 3.14. The van der Waals surface area contributed by atoms with E-state index in [1.165, 1.54) is 12.1 Å². The molecule has 1 fully saturated rings. The van der Waals surface area contributed by atoms with E-state index in [4.69, 9.17) is 9.47 Å². The second kappa shape index (κ2) is 5.74. The third-order valence-corrected chi connectivity index (χ3v) is 2.65. The lowest BCUT2D eigenvalue weighted by Crippen LogP contribution is -2.41. The molecule has 18 heavy (non-hydrogen) atoms. The van der Waals surface area contributed by atoms with Gasteiger partial charge in [-0.05, 0) is 6.92 Å². The van der Waals surface area contributed by atoms with E-state index in [0.717, 1.165) is 13.1 Å². The summed E-state index contributed by atoms with van der Waals surface area (Å²) >= 11 is 0. The molecule has 0 bridgehead atoms. The maximum atomic E-state index is 10.6. The molecule has 98 valence electrons. The Balaban J connectivity index is 1.93. The van der Waals surface area contributed by atoms with Gasteiger partial charge in [-0.1, -0.05) is 0 Å². The third-order valence-electron chi connectivity index (χ3n) is 2.65. The lowest BCUT2D eigenvalue weighted by atomic mass is 10.3. The van der Waals surface area contributed by atoms with Crippen molar-refractivity contribution in [3.8, 4) is 5.88 Å². The number of nitro groups is 1. The molecule has 2 rings (SSSR count). The molecule has 0 aromatic carbocycles. The van der Waals surface area contributed by atoms with E-state index in [9.17, 15) is 10.1 Å².